The Kier molecular flexibility index (Phi) is 3.48. The molecule has 0 unspecified atom stereocenters. The number of furan rings is 1. The van der Waals surface area contributed by atoms with Gasteiger partial charge in [0.05, 0.1) is 5.56 Å². The van der Waals surface area contributed by atoms with Crippen molar-refractivity contribution >= 4 is 16.9 Å². The molecule has 1 aromatic heterocycles. The fraction of sp³-hybridized carbons (Fsp3) is 0.167. The highest BCUT2D eigenvalue weighted by Gasteiger charge is 2.21. The van der Waals surface area contributed by atoms with Crippen LogP contribution in [0.2, 0.25) is 0 Å². The fourth-order valence-corrected chi connectivity index (χ4v) is 2.51. The zero-order valence-corrected chi connectivity index (χ0v) is 12.1. The van der Waals surface area contributed by atoms with Crippen molar-refractivity contribution in [3.05, 3.63) is 59.7 Å². The molecule has 2 aromatic carbocycles. The lowest BCUT2D eigenvalue weighted by atomic mass is 10.0. The smallest absolute Gasteiger partial charge is 0.255 e. The normalized spacial score (nSPS) is 10.8. The summed E-state index contributed by atoms with van der Waals surface area (Å²) in [6.07, 6.45) is 0.926. The number of rotatable bonds is 3. The van der Waals surface area contributed by atoms with Gasteiger partial charge in [-0.15, -0.1) is 0 Å². The summed E-state index contributed by atoms with van der Waals surface area (Å²) in [5, 5.41) is 3.58. The fourth-order valence-electron chi connectivity index (χ4n) is 2.51. The molecule has 0 aliphatic carbocycles. The van der Waals surface area contributed by atoms with Gasteiger partial charge >= 0.3 is 0 Å². The second-order valence-corrected chi connectivity index (χ2v) is 4.94. The first kappa shape index (κ1) is 13.4. The van der Waals surface area contributed by atoms with E-state index in [2.05, 4.69) is 12.2 Å². The summed E-state index contributed by atoms with van der Waals surface area (Å²) in [7, 11) is 1.64. The van der Waals surface area contributed by atoms with E-state index in [0.717, 1.165) is 23.0 Å². The molecule has 0 spiro atoms. The van der Waals surface area contributed by atoms with Gasteiger partial charge in [-0.2, -0.15) is 0 Å². The van der Waals surface area contributed by atoms with E-state index in [1.807, 2.05) is 48.5 Å². The third-order valence-electron chi connectivity index (χ3n) is 3.65. The zero-order chi connectivity index (χ0) is 14.8. The van der Waals surface area contributed by atoms with Gasteiger partial charge in [0.15, 0.2) is 0 Å². The number of benzene rings is 2. The van der Waals surface area contributed by atoms with Crippen LogP contribution in [0.4, 0.5) is 0 Å². The Morgan fingerprint density at radius 2 is 1.90 bits per heavy atom. The SMILES string of the molecule is CCc1ccc2oc(-c3ccccc3)c(C(=O)NC)c2c1. The molecule has 0 aliphatic heterocycles. The molecule has 106 valence electrons. The Balaban J connectivity index is 2.31. The minimum atomic E-state index is -0.124. The molecule has 0 saturated heterocycles. The number of fused-ring (bicyclic) bond motifs is 1. The number of hydrogen-bond donors (Lipinski definition) is 1. The molecule has 21 heavy (non-hydrogen) atoms. The van der Waals surface area contributed by atoms with Gasteiger partial charge in [-0.05, 0) is 24.1 Å². The first-order chi connectivity index (χ1) is 10.2. The second kappa shape index (κ2) is 5.44. The Hall–Kier alpha value is -2.55. The second-order valence-electron chi connectivity index (χ2n) is 4.94. The molecule has 1 heterocycles. The average molecular weight is 279 g/mol. The van der Waals surface area contributed by atoms with Crippen molar-refractivity contribution in [3.8, 4) is 11.3 Å². The quantitative estimate of drug-likeness (QED) is 0.786. The maximum Gasteiger partial charge on any atom is 0.255 e. The zero-order valence-electron chi connectivity index (χ0n) is 12.1. The predicted octanol–water partition coefficient (Wildman–Crippen LogP) is 4.02. The van der Waals surface area contributed by atoms with Crippen LogP contribution >= 0.6 is 0 Å². The third-order valence-corrected chi connectivity index (χ3v) is 3.65. The minimum absolute atomic E-state index is 0.124. The van der Waals surface area contributed by atoms with Crippen molar-refractivity contribution in [1.29, 1.82) is 0 Å². The number of nitrogens with one attached hydrogen (secondary N) is 1. The summed E-state index contributed by atoms with van der Waals surface area (Å²) in [6, 6.07) is 15.7. The Labute approximate surface area is 123 Å². The molecule has 3 nitrogen and oxygen atoms in total. The van der Waals surface area contributed by atoms with Crippen LogP contribution in [0.3, 0.4) is 0 Å². The van der Waals surface area contributed by atoms with E-state index in [4.69, 9.17) is 4.42 Å². The number of carbonyl (C=O) groups excluding carboxylic acids is 1. The Bertz CT molecular complexity index is 788. The summed E-state index contributed by atoms with van der Waals surface area (Å²) in [5.74, 6) is 0.499. The summed E-state index contributed by atoms with van der Waals surface area (Å²) >= 11 is 0. The van der Waals surface area contributed by atoms with Gasteiger partial charge < -0.3 is 9.73 Å². The first-order valence-corrected chi connectivity index (χ1v) is 7.07. The van der Waals surface area contributed by atoms with Gasteiger partial charge in [0.25, 0.3) is 5.91 Å². The molecular formula is C18H17NO2. The molecular weight excluding hydrogens is 262 g/mol. The van der Waals surface area contributed by atoms with Crippen molar-refractivity contribution in [1.82, 2.24) is 5.32 Å². The van der Waals surface area contributed by atoms with E-state index < -0.39 is 0 Å². The monoisotopic (exact) mass is 279 g/mol. The topological polar surface area (TPSA) is 42.2 Å². The van der Waals surface area contributed by atoms with Crippen LogP contribution < -0.4 is 5.32 Å². The van der Waals surface area contributed by atoms with E-state index in [9.17, 15) is 4.79 Å². The highest BCUT2D eigenvalue weighted by molar-refractivity contribution is 6.11. The van der Waals surface area contributed by atoms with Crippen LogP contribution in [-0.2, 0) is 6.42 Å². The maximum atomic E-state index is 12.3. The third kappa shape index (κ3) is 2.31. The standard InChI is InChI=1S/C18H17NO2/c1-3-12-9-10-15-14(11-12)16(18(20)19-2)17(21-15)13-7-5-4-6-8-13/h4-11H,3H2,1-2H3,(H,19,20). The van der Waals surface area contributed by atoms with E-state index in [1.165, 1.54) is 5.56 Å². The Morgan fingerprint density at radius 1 is 1.14 bits per heavy atom. The largest absolute Gasteiger partial charge is 0.455 e. The molecule has 3 rings (SSSR count). The lowest BCUT2D eigenvalue weighted by Crippen LogP contribution is -2.18. The van der Waals surface area contributed by atoms with E-state index in [-0.39, 0.29) is 5.91 Å². The molecule has 1 N–H and O–H groups in total. The van der Waals surface area contributed by atoms with E-state index in [0.29, 0.717) is 11.3 Å². The minimum Gasteiger partial charge on any atom is -0.455 e. The molecule has 0 fully saturated rings. The lowest BCUT2D eigenvalue weighted by molar-refractivity contribution is 0.0964. The molecule has 0 bridgehead atoms. The summed E-state index contributed by atoms with van der Waals surface area (Å²) in [6.45, 7) is 2.10. The molecule has 0 atom stereocenters. The van der Waals surface area contributed by atoms with E-state index >= 15 is 0 Å². The molecule has 0 radical (unpaired) electrons. The van der Waals surface area contributed by atoms with Crippen molar-refractivity contribution in [2.45, 2.75) is 13.3 Å². The van der Waals surface area contributed by atoms with Crippen molar-refractivity contribution in [3.63, 3.8) is 0 Å². The highest BCUT2D eigenvalue weighted by Crippen LogP contribution is 2.34. The van der Waals surface area contributed by atoms with Crippen LogP contribution in [0.25, 0.3) is 22.3 Å². The lowest BCUT2D eigenvalue weighted by Gasteiger charge is -2.02. The van der Waals surface area contributed by atoms with Crippen LogP contribution in [0, 0.1) is 0 Å². The van der Waals surface area contributed by atoms with Crippen molar-refractivity contribution in [2.24, 2.45) is 0 Å². The summed E-state index contributed by atoms with van der Waals surface area (Å²) in [5.41, 5.74) is 3.44. The van der Waals surface area contributed by atoms with Gasteiger partial charge in [-0.3, -0.25) is 4.79 Å². The number of aryl methyl sites for hydroxylation is 1. The van der Waals surface area contributed by atoms with Crippen LogP contribution in [-0.4, -0.2) is 13.0 Å². The average Bonchev–Trinajstić information content (AvgIpc) is 2.93. The van der Waals surface area contributed by atoms with Gasteiger partial charge in [0, 0.05) is 18.0 Å². The van der Waals surface area contributed by atoms with Gasteiger partial charge in [0.1, 0.15) is 11.3 Å². The summed E-state index contributed by atoms with van der Waals surface area (Å²) in [4.78, 5) is 12.3. The maximum absolute atomic E-state index is 12.3. The molecule has 3 heteroatoms. The number of hydrogen-bond acceptors (Lipinski definition) is 2. The number of carbonyl (C=O) groups is 1. The highest BCUT2D eigenvalue weighted by atomic mass is 16.3. The predicted molar refractivity (Wildman–Crippen MR) is 84.4 cm³/mol. The van der Waals surface area contributed by atoms with Gasteiger partial charge in [0.2, 0.25) is 0 Å². The van der Waals surface area contributed by atoms with Gasteiger partial charge in [-0.25, -0.2) is 0 Å². The number of amides is 1. The first-order valence-electron chi connectivity index (χ1n) is 7.07. The van der Waals surface area contributed by atoms with Crippen LogP contribution in [0.5, 0.6) is 0 Å². The van der Waals surface area contributed by atoms with Gasteiger partial charge in [-0.1, -0.05) is 43.3 Å². The van der Waals surface area contributed by atoms with E-state index in [1.54, 1.807) is 7.05 Å². The van der Waals surface area contributed by atoms with Crippen molar-refractivity contribution in [2.75, 3.05) is 7.05 Å². The molecule has 3 aromatic rings. The van der Waals surface area contributed by atoms with Crippen molar-refractivity contribution < 1.29 is 9.21 Å². The van der Waals surface area contributed by atoms with Crippen LogP contribution in [0.15, 0.2) is 52.9 Å². The molecule has 0 saturated carbocycles. The summed E-state index contributed by atoms with van der Waals surface area (Å²) < 4.78 is 5.95. The Morgan fingerprint density at radius 3 is 2.57 bits per heavy atom. The van der Waals surface area contributed by atoms with Crippen LogP contribution in [0.1, 0.15) is 22.8 Å². The molecule has 1 amide bonds. The molecule has 0 aliphatic rings.